The Hall–Kier alpha value is -3.08. The number of aliphatic imine (C=N–C) groups is 1. The van der Waals surface area contributed by atoms with Crippen molar-refractivity contribution in [2.45, 2.75) is 13.0 Å². The summed E-state index contributed by atoms with van der Waals surface area (Å²) in [6, 6.07) is 20.4. The lowest BCUT2D eigenvalue weighted by molar-refractivity contribution is 0.840. The van der Waals surface area contributed by atoms with E-state index in [1.165, 1.54) is 5.56 Å². The van der Waals surface area contributed by atoms with Crippen molar-refractivity contribution < 1.29 is 0 Å². The summed E-state index contributed by atoms with van der Waals surface area (Å²) >= 11 is 0. The molecule has 24 heavy (non-hydrogen) atoms. The van der Waals surface area contributed by atoms with Crippen molar-refractivity contribution in [3.63, 3.8) is 0 Å². The fraction of sp³-hybridized carbons (Fsp3) is 0.158. The van der Waals surface area contributed by atoms with Gasteiger partial charge >= 0.3 is 0 Å². The summed E-state index contributed by atoms with van der Waals surface area (Å²) < 4.78 is 0. The molecule has 4 N–H and O–H groups in total. The maximum Gasteiger partial charge on any atom is 0.189 e. The van der Waals surface area contributed by atoms with E-state index in [1.807, 2.05) is 54.7 Å². The minimum absolute atomic E-state index is 0.428. The van der Waals surface area contributed by atoms with Crippen molar-refractivity contribution >= 4 is 5.96 Å². The number of nitrogens with two attached hydrogens (primary N) is 1. The summed E-state index contributed by atoms with van der Waals surface area (Å²) in [5.41, 5.74) is 9.26. The third-order valence-electron chi connectivity index (χ3n) is 3.68. The molecular weight excluding hydrogens is 298 g/mol. The first-order valence-corrected chi connectivity index (χ1v) is 7.98. The number of H-pyrrole nitrogens is 1. The smallest absolute Gasteiger partial charge is 0.189 e. The Morgan fingerprint density at radius 2 is 1.75 bits per heavy atom. The van der Waals surface area contributed by atoms with Gasteiger partial charge in [-0.15, -0.1) is 0 Å². The van der Waals surface area contributed by atoms with Gasteiger partial charge in [-0.25, -0.2) is 9.98 Å². The standard InChI is InChI=1S/C19H21N5/c20-19(21-12-11-15-7-3-1-4-8-15)23-14-18-22-13-17(24-18)16-9-5-2-6-10-16/h1-10,13H,11-12,14H2,(H,22,24)(H3,20,21,23). The summed E-state index contributed by atoms with van der Waals surface area (Å²) in [6.07, 6.45) is 2.73. The van der Waals surface area contributed by atoms with E-state index in [2.05, 4.69) is 32.4 Å². The van der Waals surface area contributed by atoms with Crippen molar-refractivity contribution in [3.05, 3.63) is 78.2 Å². The highest BCUT2D eigenvalue weighted by atomic mass is 15.1. The lowest BCUT2D eigenvalue weighted by Crippen LogP contribution is -2.33. The van der Waals surface area contributed by atoms with Gasteiger partial charge in [-0.05, 0) is 17.5 Å². The average molecular weight is 319 g/mol. The quantitative estimate of drug-likeness (QED) is 0.483. The largest absolute Gasteiger partial charge is 0.370 e. The molecule has 5 heteroatoms. The third kappa shape index (κ3) is 4.46. The predicted octanol–water partition coefficient (Wildman–Crippen LogP) is 2.72. The molecule has 0 aliphatic heterocycles. The first-order valence-electron chi connectivity index (χ1n) is 7.98. The van der Waals surface area contributed by atoms with E-state index in [0.29, 0.717) is 12.5 Å². The summed E-state index contributed by atoms with van der Waals surface area (Å²) in [6.45, 7) is 1.18. The summed E-state index contributed by atoms with van der Waals surface area (Å²) in [7, 11) is 0. The van der Waals surface area contributed by atoms with Crippen LogP contribution in [0, 0.1) is 0 Å². The molecule has 1 aromatic heterocycles. The van der Waals surface area contributed by atoms with E-state index in [0.717, 1.165) is 30.0 Å². The molecule has 1 heterocycles. The molecule has 0 saturated heterocycles. The highest BCUT2D eigenvalue weighted by Crippen LogP contribution is 2.16. The maximum atomic E-state index is 5.90. The second kappa shape index (κ2) is 7.97. The second-order valence-electron chi connectivity index (χ2n) is 5.47. The lowest BCUT2D eigenvalue weighted by Gasteiger charge is -2.05. The van der Waals surface area contributed by atoms with Crippen molar-refractivity contribution in [2.24, 2.45) is 10.7 Å². The van der Waals surface area contributed by atoms with Gasteiger partial charge < -0.3 is 16.0 Å². The number of rotatable bonds is 6. The number of aromatic amines is 1. The lowest BCUT2D eigenvalue weighted by atomic mass is 10.1. The molecule has 0 radical (unpaired) electrons. The van der Waals surface area contributed by atoms with Crippen LogP contribution in [-0.2, 0) is 13.0 Å². The fourth-order valence-corrected chi connectivity index (χ4v) is 2.40. The number of hydrogen-bond donors (Lipinski definition) is 3. The predicted molar refractivity (Wildman–Crippen MR) is 97.5 cm³/mol. The number of aromatic nitrogens is 2. The Labute approximate surface area is 141 Å². The molecule has 0 amide bonds. The second-order valence-corrected chi connectivity index (χ2v) is 5.47. The maximum absolute atomic E-state index is 5.90. The van der Waals surface area contributed by atoms with Crippen LogP contribution in [0.25, 0.3) is 11.3 Å². The van der Waals surface area contributed by atoms with Gasteiger partial charge in [0.05, 0.1) is 11.9 Å². The highest BCUT2D eigenvalue weighted by Gasteiger charge is 2.02. The molecule has 3 rings (SSSR count). The van der Waals surface area contributed by atoms with Gasteiger partial charge in [0.25, 0.3) is 0 Å². The summed E-state index contributed by atoms with van der Waals surface area (Å²) in [5.74, 6) is 1.23. The van der Waals surface area contributed by atoms with Gasteiger partial charge in [-0.3, -0.25) is 0 Å². The molecular formula is C19H21N5. The van der Waals surface area contributed by atoms with Crippen LogP contribution < -0.4 is 11.1 Å². The van der Waals surface area contributed by atoms with Gasteiger partial charge in [-0.2, -0.15) is 0 Å². The summed E-state index contributed by atoms with van der Waals surface area (Å²) in [4.78, 5) is 11.9. The SMILES string of the molecule is NC(=NCc1ncc(-c2ccccc2)[nH]1)NCCc1ccccc1. The van der Waals surface area contributed by atoms with Gasteiger partial charge in [0.1, 0.15) is 12.4 Å². The fourth-order valence-electron chi connectivity index (χ4n) is 2.40. The Morgan fingerprint density at radius 1 is 1.04 bits per heavy atom. The van der Waals surface area contributed by atoms with E-state index in [-0.39, 0.29) is 0 Å². The molecule has 0 aliphatic carbocycles. The molecule has 0 saturated carbocycles. The zero-order valence-corrected chi connectivity index (χ0v) is 13.4. The monoisotopic (exact) mass is 319 g/mol. The van der Waals surface area contributed by atoms with E-state index in [4.69, 9.17) is 5.73 Å². The molecule has 3 aromatic rings. The van der Waals surface area contributed by atoms with Crippen molar-refractivity contribution in [2.75, 3.05) is 6.54 Å². The van der Waals surface area contributed by atoms with Crippen LogP contribution in [0.4, 0.5) is 0 Å². The molecule has 0 fully saturated rings. The number of hydrogen-bond acceptors (Lipinski definition) is 2. The Bertz CT molecular complexity index is 778. The molecule has 122 valence electrons. The van der Waals surface area contributed by atoms with Crippen LogP contribution in [0.1, 0.15) is 11.4 Å². The number of benzene rings is 2. The van der Waals surface area contributed by atoms with E-state index >= 15 is 0 Å². The molecule has 0 atom stereocenters. The number of imidazole rings is 1. The highest BCUT2D eigenvalue weighted by molar-refractivity contribution is 5.77. The van der Waals surface area contributed by atoms with Crippen LogP contribution >= 0.6 is 0 Å². The van der Waals surface area contributed by atoms with Gasteiger partial charge in [0.2, 0.25) is 0 Å². The van der Waals surface area contributed by atoms with Crippen LogP contribution in [-0.4, -0.2) is 22.5 Å². The number of nitrogens with one attached hydrogen (secondary N) is 2. The van der Waals surface area contributed by atoms with E-state index in [9.17, 15) is 0 Å². The van der Waals surface area contributed by atoms with Crippen molar-refractivity contribution in [1.29, 1.82) is 0 Å². The molecule has 0 bridgehead atoms. The Balaban J connectivity index is 1.49. The van der Waals surface area contributed by atoms with Gasteiger partial charge in [0.15, 0.2) is 5.96 Å². The first kappa shape index (κ1) is 15.8. The average Bonchev–Trinajstić information content (AvgIpc) is 3.11. The molecule has 5 nitrogen and oxygen atoms in total. The van der Waals surface area contributed by atoms with E-state index in [1.54, 1.807) is 0 Å². The molecule has 0 spiro atoms. The summed E-state index contributed by atoms with van der Waals surface area (Å²) in [5, 5.41) is 3.13. The van der Waals surface area contributed by atoms with Crippen LogP contribution in [0.3, 0.4) is 0 Å². The minimum Gasteiger partial charge on any atom is -0.370 e. The Morgan fingerprint density at radius 3 is 2.50 bits per heavy atom. The molecule has 0 unspecified atom stereocenters. The third-order valence-corrected chi connectivity index (χ3v) is 3.68. The normalized spacial score (nSPS) is 11.4. The van der Waals surface area contributed by atoms with Gasteiger partial charge in [-0.1, -0.05) is 60.7 Å². The van der Waals surface area contributed by atoms with Crippen LogP contribution in [0.2, 0.25) is 0 Å². The van der Waals surface area contributed by atoms with Crippen molar-refractivity contribution in [3.8, 4) is 11.3 Å². The van der Waals surface area contributed by atoms with Gasteiger partial charge in [0, 0.05) is 6.54 Å². The van der Waals surface area contributed by atoms with E-state index < -0.39 is 0 Å². The topological polar surface area (TPSA) is 79.1 Å². The zero-order chi connectivity index (χ0) is 16.6. The van der Waals surface area contributed by atoms with Crippen molar-refractivity contribution in [1.82, 2.24) is 15.3 Å². The minimum atomic E-state index is 0.428. The van der Waals surface area contributed by atoms with Crippen LogP contribution in [0.5, 0.6) is 0 Å². The number of nitrogens with zero attached hydrogens (tertiary/aromatic N) is 2. The number of guanidine groups is 1. The molecule has 2 aromatic carbocycles. The molecule has 0 aliphatic rings. The zero-order valence-electron chi connectivity index (χ0n) is 13.4. The van der Waals surface area contributed by atoms with Crippen LogP contribution in [0.15, 0.2) is 71.9 Å². The Kier molecular flexibility index (Phi) is 5.24. The first-order chi connectivity index (χ1) is 11.8.